The predicted octanol–water partition coefficient (Wildman–Crippen LogP) is -1.47. The third kappa shape index (κ3) is 1.71. The van der Waals surface area contributed by atoms with Crippen LogP contribution >= 0.6 is 0 Å². The average Bonchev–Trinajstić information content (AvgIpc) is 3.31. The molecule has 5 rings (SSSR count). The summed E-state index contributed by atoms with van der Waals surface area (Å²) in [4.78, 5) is 25.7. The van der Waals surface area contributed by atoms with Gasteiger partial charge in [0, 0.05) is 5.92 Å². The first-order valence-corrected chi connectivity index (χ1v) is 10.3. The molecular weight excluding hydrogens is 400 g/mol. The summed E-state index contributed by atoms with van der Waals surface area (Å²) < 4.78 is 22.8. The number of fused-ring (bicyclic) bond motifs is 1. The number of aliphatic hydroxyl groups excluding tert-OH is 4. The fourth-order valence-electron chi connectivity index (χ4n) is 7.97. The van der Waals surface area contributed by atoms with Gasteiger partial charge in [0.1, 0.15) is 25.1 Å². The van der Waals surface area contributed by atoms with E-state index in [4.69, 9.17) is 18.9 Å². The molecule has 3 aliphatic heterocycles. The van der Waals surface area contributed by atoms with Gasteiger partial charge in [-0.3, -0.25) is 4.79 Å². The summed E-state index contributed by atoms with van der Waals surface area (Å²) in [5, 5.41) is 43.4. The van der Waals surface area contributed by atoms with Crippen LogP contribution in [0, 0.1) is 34.0 Å². The van der Waals surface area contributed by atoms with Crippen LogP contribution in [-0.2, 0) is 28.5 Å². The average molecular weight is 428 g/mol. The molecule has 168 valence electrons. The van der Waals surface area contributed by atoms with Gasteiger partial charge in [0.15, 0.2) is 11.9 Å². The third-order valence-electron chi connectivity index (χ3n) is 8.48. The standard InChI is InChI=1S/C20H28O10/c1-7-8-10(28-14(7)25)12(24)19-13-9(23)11(17(2,3)4)18(19,5-21)16(27-6-22)30-20(8,19)15(26)29-13/h7-13,16,21-24H,5-6H2,1-4H3/t7-,8+,9-,10?,11+,12+,13?,16?,18?,19?,20?/m1/s1. The fourth-order valence-corrected chi connectivity index (χ4v) is 7.97. The van der Waals surface area contributed by atoms with Crippen molar-refractivity contribution in [2.24, 2.45) is 34.0 Å². The van der Waals surface area contributed by atoms with Crippen LogP contribution in [0.4, 0.5) is 0 Å². The molecule has 0 aromatic carbocycles. The van der Waals surface area contributed by atoms with Crippen molar-refractivity contribution in [3.8, 4) is 0 Å². The summed E-state index contributed by atoms with van der Waals surface area (Å²) in [6, 6.07) is 0. The van der Waals surface area contributed by atoms with Gasteiger partial charge in [-0.25, -0.2) is 4.79 Å². The number of hydrogen-bond acceptors (Lipinski definition) is 10. The number of rotatable bonds is 3. The van der Waals surface area contributed by atoms with Gasteiger partial charge in [-0.1, -0.05) is 27.7 Å². The minimum atomic E-state index is -1.86. The molecule has 0 bridgehead atoms. The zero-order valence-electron chi connectivity index (χ0n) is 17.3. The molecule has 11 atom stereocenters. The van der Waals surface area contributed by atoms with E-state index in [0.29, 0.717) is 0 Å². The van der Waals surface area contributed by atoms with E-state index in [9.17, 15) is 30.0 Å². The molecule has 2 saturated carbocycles. The van der Waals surface area contributed by atoms with Crippen molar-refractivity contribution in [3.63, 3.8) is 0 Å². The van der Waals surface area contributed by atoms with E-state index in [1.54, 1.807) is 6.92 Å². The van der Waals surface area contributed by atoms with Crippen LogP contribution in [0.5, 0.6) is 0 Å². The summed E-state index contributed by atoms with van der Waals surface area (Å²) in [6.45, 7) is 5.80. The Kier molecular flexibility index (Phi) is 3.93. The Labute approximate surface area is 173 Å². The highest BCUT2D eigenvalue weighted by atomic mass is 16.8. The lowest BCUT2D eigenvalue weighted by molar-refractivity contribution is -0.260. The van der Waals surface area contributed by atoms with E-state index < -0.39 is 95.6 Å². The summed E-state index contributed by atoms with van der Waals surface area (Å²) in [7, 11) is 0. The Morgan fingerprint density at radius 3 is 2.37 bits per heavy atom. The minimum Gasteiger partial charge on any atom is -0.459 e. The van der Waals surface area contributed by atoms with Crippen LogP contribution in [0.2, 0.25) is 0 Å². The van der Waals surface area contributed by atoms with Crippen molar-refractivity contribution >= 4 is 11.9 Å². The number of carbonyl (C=O) groups excluding carboxylic acids is 2. The molecule has 10 nitrogen and oxygen atoms in total. The maximum absolute atomic E-state index is 13.4. The largest absolute Gasteiger partial charge is 0.459 e. The van der Waals surface area contributed by atoms with Crippen LogP contribution in [-0.4, -0.2) is 82.1 Å². The lowest BCUT2D eigenvalue weighted by atomic mass is 9.53. The first-order chi connectivity index (χ1) is 14.0. The van der Waals surface area contributed by atoms with Gasteiger partial charge in [0.25, 0.3) is 0 Å². The summed E-state index contributed by atoms with van der Waals surface area (Å²) in [5.74, 6) is -3.80. The van der Waals surface area contributed by atoms with Crippen LogP contribution in [0.25, 0.3) is 0 Å². The minimum absolute atomic E-state index is 0.569. The molecule has 1 spiro atoms. The number of hydrogen-bond donors (Lipinski definition) is 4. The van der Waals surface area contributed by atoms with Crippen molar-refractivity contribution in [1.82, 2.24) is 0 Å². The van der Waals surface area contributed by atoms with Crippen molar-refractivity contribution in [2.75, 3.05) is 13.4 Å². The van der Waals surface area contributed by atoms with E-state index >= 15 is 0 Å². The molecule has 5 fully saturated rings. The molecule has 6 unspecified atom stereocenters. The van der Waals surface area contributed by atoms with Crippen LogP contribution in [0.15, 0.2) is 0 Å². The highest BCUT2D eigenvalue weighted by molar-refractivity contribution is 5.90. The van der Waals surface area contributed by atoms with Crippen LogP contribution in [0.3, 0.4) is 0 Å². The number of esters is 2. The van der Waals surface area contributed by atoms with E-state index in [-0.39, 0.29) is 0 Å². The molecule has 3 saturated heterocycles. The zero-order chi connectivity index (χ0) is 22.0. The van der Waals surface area contributed by atoms with Crippen molar-refractivity contribution in [1.29, 1.82) is 0 Å². The van der Waals surface area contributed by atoms with Gasteiger partial charge in [0.2, 0.25) is 0 Å². The number of carbonyl (C=O) groups is 2. The van der Waals surface area contributed by atoms with Crippen LogP contribution in [0.1, 0.15) is 27.7 Å². The maximum atomic E-state index is 13.4. The van der Waals surface area contributed by atoms with E-state index in [0.717, 1.165) is 0 Å². The first-order valence-electron chi connectivity index (χ1n) is 10.3. The quantitative estimate of drug-likeness (QED) is 0.310. The molecule has 2 aliphatic carbocycles. The molecular formula is C20H28O10. The summed E-state index contributed by atoms with van der Waals surface area (Å²) in [6.07, 6.45) is -6.25. The Balaban J connectivity index is 1.84. The second-order valence-electron chi connectivity index (χ2n) is 10.4. The Hall–Kier alpha value is -1.30. The Morgan fingerprint density at radius 1 is 1.13 bits per heavy atom. The van der Waals surface area contributed by atoms with E-state index in [1.165, 1.54) is 0 Å². The van der Waals surface area contributed by atoms with Crippen LogP contribution < -0.4 is 0 Å². The molecule has 10 heteroatoms. The highest BCUT2D eigenvalue weighted by Crippen LogP contribution is 2.81. The third-order valence-corrected chi connectivity index (χ3v) is 8.48. The van der Waals surface area contributed by atoms with Crippen molar-refractivity contribution < 1.29 is 49.0 Å². The monoisotopic (exact) mass is 428 g/mol. The fraction of sp³-hybridized carbons (Fsp3) is 0.900. The number of aliphatic hydroxyl groups is 4. The molecule has 0 amide bonds. The second kappa shape index (κ2) is 5.73. The van der Waals surface area contributed by atoms with Gasteiger partial charge in [0.05, 0.1) is 35.4 Å². The Morgan fingerprint density at radius 2 is 1.80 bits per heavy atom. The lowest BCUT2D eigenvalue weighted by Crippen LogP contribution is -2.61. The smallest absolute Gasteiger partial charge is 0.340 e. The predicted molar refractivity (Wildman–Crippen MR) is 95.1 cm³/mol. The van der Waals surface area contributed by atoms with Crippen molar-refractivity contribution in [2.45, 2.75) is 64.0 Å². The van der Waals surface area contributed by atoms with Gasteiger partial charge in [-0.15, -0.1) is 0 Å². The molecule has 4 N–H and O–H groups in total. The topological polar surface area (TPSA) is 152 Å². The normalized spacial score (nSPS) is 56.0. The van der Waals surface area contributed by atoms with Gasteiger partial charge in [-0.05, 0) is 5.41 Å². The van der Waals surface area contributed by atoms with Crippen molar-refractivity contribution in [3.05, 3.63) is 0 Å². The molecule has 0 radical (unpaired) electrons. The van der Waals surface area contributed by atoms with E-state index in [1.807, 2.05) is 20.8 Å². The van der Waals surface area contributed by atoms with E-state index in [2.05, 4.69) is 0 Å². The Bertz CT molecular complexity index is 808. The maximum Gasteiger partial charge on any atom is 0.340 e. The molecule has 0 aromatic heterocycles. The molecule has 3 heterocycles. The van der Waals surface area contributed by atoms with Gasteiger partial charge < -0.3 is 39.4 Å². The molecule has 30 heavy (non-hydrogen) atoms. The summed E-state index contributed by atoms with van der Waals surface area (Å²) in [5.41, 5.74) is -5.62. The number of ether oxygens (including phenoxy) is 4. The summed E-state index contributed by atoms with van der Waals surface area (Å²) >= 11 is 0. The second-order valence-corrected chi connectivity index (χ2v) is 10.4. The van der Waals surface area contributed by atoms with Gasteiger partial charge >= 0.3 is 11.9 Å². The molecule has 0 aromatic rings. The van der Waals surface area contributed by atoms with Gasteiger partial charge in [-0.2, -0.15) is 0 Å². The highest BCUT2D eigenvalue weighted by Gasteiger charge is 2.98. The zero-order valence-corrected chi connectivity index (χ0v) is 17.3. The lowest BCUT2D eigenvalue weighted by Gasteiger charge is -2.48. The SMILES string of the molecule is C[C@H]1C(=O)OC2[C@H]1C13OC(OCO)C4(CO)[C@H](C(C)(C)C)[C@@H](O)C(OC1=O)C34[C@H]2O. The molecule has 5 aliphatic rings. The first kappa shape index (κ1) is 20.6.